The normalized spacial score (nSPS) is 12.1. The van der Waals surface area contributed by atoms with Crippen LogP contribution < -0.4 is 5.32 Å². The van der Waals surface area contributed by atoms with E-state index < -0.39 is 6.09 Å². The van der Waals surface area contributed by atoms with Crippen molar-refractivity contribution in [1.29, 1.82) is 0 Å². The summed E-state index contributed by atoms with van der Waals surface area (Å²) in [5, 5.41) is 2.74. The molecule has 0 heterocycles. The lowest BCUT2D eigenvalue weighted by Crippen LogP contribution is -2.29. The Labute approximate surface area is 303 Å². The van der Waals surface area contributed by atoms with Crippen LogP contribution in [0.4, 0.5) is 4.79 Å². The van der Waals surface area contributed by atoms with Gasteiger partial charge < -0.3 is 47.9 Å². The van der Waals surface area contributed by atoms with E-state index in [9.17, 15) is 9.59 Å². The van der Waals surface area contributed by atoms with E-state index in [1.54, 1.807) is 0 Å². The third kappa shape index (κ3) is 18.8. The van der Waals surface area contributed by atoms with Crippen molar-refractivity contribution in [3.63, 3.8) is 0 Å². The molecule has 0 unspecified atom stereocenters. The second kappa shape index (κ2) is 28.5. The Balaban J connectivity index is 0.978. The van der Waals surface area contributed by atoms with E-state index in [0.29, 0.717) is 105 Å². The van der Waals surface area contributed by atoms with Gasteiger partial charge in [-0.1, -0.05) is 81.1 Å². The van der Waals surface area contributed by atoms with Crippen LogP contribution in [0, 0.1) is 0 Å². The molecule has 286 valence electrons. The fourth-order valence-corrected chi connectivity index (χ4v) is 5.46. The van der Waals surface area contributed by atoms with Gasteiger partial charge in [0.2, 0.25) is 0 Å². The smallest absolute Gasteiger partial charge is 0.407 e. The summed E-state index contributed by atoms with van der Waals surface area (Å²) in [5.74, 6) is -0.115. The summed E-state index contributed by atoms with van der Waals surface area (Å²) in [6.07, 6.45) is 5.60. The van der Waals surface area contributed by atoms with E-state index in [1.807, 2.05) is 24.3 Å². The SMILES string of the molecule is CCCCCCCC(=O)OCCOCCOCCOCCOCCOCCOCCOCCNC(=O)OCC1c2ccccc2-c2ccccc21. The van der Waals surface area contributed by atoms with Gasteiger partial charge in [0.25, 0.3) is 0 Å². The largest absolute Gasteiger partial charge is 0.463 e. The van der Waals surface area contributed by atoms with Crippen LogP contribution in [0.15, 0.2) is 48.5 Å². The van der Waals surface area contributed by atoms with Gasteiger partial charge in [-0.25, -0.2) is 4.79 Å². The van der Waals surface area contributed by atoms with Crippen molar-refractivity contribution in [2.24, 2.45) is 0 Å². The summed E-state index contributed by atoms with van der Waals surface area (Å²) in [7, 11) is 0. The van der Waals surface area contributed by atoms with Crippen LogP contribution >= 0.6 is 0 Å². The van der Waals surface area contributed by atoms with Crippen LogP contribution in [0.1, 0.15) is 62.5 Å². The molecule has 51 heavy (non-hydrogen) atoms. The summed E-state index contributed by atoms with van der Waals surface area (Å²) in [6, 6.07) is 16.5. The summed E-state index contributed by atoms with van der Waals surface area (Å²) >= 11 is 0. The zero-order valence-corrected chi connectivity index (χ0v) is 30.5. The number of rotatable bonds is 32. The Morgan fingerprint density at radius 3 is 1.45 bits per heavy atom. The Hall–Kier alpha value is -3.10. The summed E-state index contributed by atoms with van der Waals surface area (Å²) in [4.78, 5) is 23.9. The van der Waals surface area contributed by atoms with Crippen molar-refractivity contribution in [3.8, 4) is 11.1 Å². The molecule has 1 amide bonds. The van der Waals surface area contributed by atoms with Crippen molar-refractivity contribution >= 4 is 12.1 Å². The van der Waals surface area contributed by atoms with Gasteiger partial charge in [-0.05, 0) is 28.7 Å². The molecule has 0 atom stereocenters. The Morgan fingerprint density at radius 2 is 0.961 bits per heavy atom. The Kier molecular flexibility index (Phi) is 23.6. The van der Waals surface area contributed by atoms with Gasteiger partial charge in [0.15, 0.2) is 0 Å². The van der Waals surface area contributed by atoms with Gasteiger partial charge in [0, 0.05) is 18.9 Å². The molecule has 0 fully saturated rings. The predicted octanol–water partition coefficient (Wildman–Crippen LogP) is 5.55. The van der Waals surface area contributed by atoms with Crippen molar-refractivity contribution in [2.75, 3.05) is 112 Å². The lowest BCUT2D eigenvalue weighted by atomic mass is 9.98. The maximum absolute atomic E-state index is 12.2. The van der Waals surface area contributed by atoms with Crippen molar-refractivity contribution in [3.05, 3.63) is 59.7 Å². The number of unbranched alkanes of at least 4 members (excludes halogenated alkanes) is 4. The Bertz CT molecular complexity index is 1150. The third-order valence-electron chi connectivity index (χ3n) is 8.07. The topological polar surface area (TPSA) is 129 Å². The van der Waals surface area contributed by atoms with Crippen LogP contribution in [0.25, 0.3) is 11.1 Å². The van der Waals surface area contributed by atoms with E-state index in [1.165, 1.54) is 41.5 Å². The quantitative estimate of drug-likeness (QED) is 0.0756. The van der Waals surface area contributed by atoms with E-state index in [4.69, 9.17) is 42.6 Å². The number of fused-ring (bicyclic) bond motifs is 3. The molecule has 1 aliphatic rings. The number of carbonyl (C=O) groups is 2. The third-order valence-corrected chi connectivity index (χ3v) is 8.07. The van der Waals surface area contributed by atoms with Crippen LogP contribution in [-0.4, -0.2) is 124 Å². The molecule has 0 spiro atoms. The van der Waals surface area contributed by atoms with Crippen molar-refractivity contribution in [1.82, 2.24) is 5.32 Å². The molecular weight excluding hydrogens is 658 g/mol. The zero-order valence-electron chi connectivity index (χ0n) is 30.5. The standard InChI is InChI=1S/C39H59NO11/c1-2-3-4-5-6-15-38(41)50-31-30-49-29-28-48-27-26-47-25-24-46-23-22-45-21-20-44-19-18-43-17-16-40-39(42)51-32-37-35-13-9-7-11-33(35)34-12-8-10-14-36(34)37/h7-14,37H,2-6,15-32H2,1H3,(H,40,42). The molecule has 2 aromatic rings. The fraction of sp³-hybridized carbons (Fsp3) is 0.641. The van der Waals surface area contributed by atoms with Crippen molar-refractivity contribution < 1.29 is 52.2 Å². The maximum atomic E-state index is 12.2. The van der Waals surface area contributed by atoms with E-state index in [2.05, 4.69) is 36.5 Å². The minimum Gasteiger partial charge on any atom is -0.463 e. The second-order valence-electron chi connectivity index (χ2n) is 11.9. The van der Waals surface area contributed by atoms with Crippen molar-refractivity contribution in [2.45, 2.75) is 51.4 Å². The number of hydrogen-bond acceptors (Lipinski definition) is 11. The molecule has 2 aromatic carbocycles. The van der Waals surface area contributed by atoms with Gasteiger partial charge in [0.05, 0.1) is 92.5 Å². The van der Waals surface area contributed by atoms with E-state index in [-0.39, 0.29) is 25.1 Å². The first kappa shape index (κ1) is 42.3. The molecule has 0 radical (unpaired) electrons. The lowest BCUT2D eigenvalue weighted by Gasteiger charge is -2.14. The average Bonchev–Trinajstić information content (AvgIpc) is 3.47. The highest BCUT2D eigenvalue weighted by Gasteiger charge is 2.28. The molecule has 1 aliphatic carbocycles. The zero-order chi connectivity index (χ0) is 36.0. The van der Waals surface area contributed by atoms with Crippen LogP contribution in [0.5, 0.6) is 0 Å². The second-order valence-corrected chi connectivity index (χ2v) is 11.9. The number of nitrogens with one attached hydrogen (secondary N) is 1. The average molecular weight is 718 g/mol. The van der Waals surface area contributed by atoms with Crippen LogP contribution in [-0.2, 0) is 47.4 Å². The highest BCUT2D eigenvalue weighted by molar-refractivity contribution is 5.79. The predicted molar refractivity (Wildman–Crippen MR) is 193 cm³/mol. The van der Waals surface area contributed by atoms with Crippen LogP contribution in [0.3, 0.4) is 0 Å². The van der Waals surface area contributed by atoms with E-state index >= 15 is 0 Å². The minimum atomic E-state index is -0.453. The highest BCUT2D eigenvalue weighted by Crippen LogP contribution is 2.44. The van der Waals surface area contributed by atoms with Gasteiger partial charge in [0.1, 0.15) is 13.2 Å². The number of alkyl carbamates (subject to hydrolysis) is 1. The molecule has 0 bridgehead atoms. The van der Waals surface area contributed by atoms with E-state index in [0.717, 1.165) is 12.8 Å². The summed E-state index contributed by atoms with van der Waals surface area (Å²) in [6.45, 7) is 9.40. The first-order chi connectivity index (χ1) is 25.2. The Morgan fingerprint density at radius 1 is 0.529 bits per heavy atom. The number of esters is 1. The first-order valence-electron chi connectivity index (χ1n) is 18.5. The molecule has 12 nitrogen and oxygen atoms in total. The monoisotopic (exact) mass is 717 g/mol. The molecule has 0 saturated carbocycles. The van der Waals surface area contributed by atoms with Crippen LogP contribution in [0.2, 0.25) is 0 Å². The van der Waals surface area contributed by atoms with Gasteiger partial charge in [-0.3, -0.25) is 4.79 Å². The summed E-state index contributed by atoms with van der Waals surface area (Å²) in [5.41, 5.74) is 4.77. The molecule has 12 heteroatoms. The van der Waals surface area contributed by atoms with Gasteiger partial charge in [-0.15, -0.1) is 0 Å². The molecule has 0 aliphatic heterocycles. The fourth-order valence-electron chi connectivity index (χ4n) is 5.46. The number of hydrogen-bond donors (Lipinski definition) is 1. The minimum absolute atomic E-state index is 0.0366. The molecule has 3 rings (SSSR count). The van der Waals surface area contributed by atoms with Gasteiger partial charge in [-0.2, -0.15) is 0 Å². The number of ether oxygens (including phenoxy) is 9. The van der Waals surface area contributed by atoms with Gasteiger partial charge >= 0.3 is 12.1 Å². The number of carbonyl (C=O) groups excluding carboxylic acids is 2. The number of amides is 1. The highest BCUT2D eigenvalue weighted by atomic mass is 16.6. The number of benzene rings is 2. The summed E-state index contributed by atoms with van der Waals surface area (Å²) < 4.78 is 49.1. The molecule has 1 N–H and O–H groups in total. The molecular formula is C39H59NO11. The first-order valence-corrected chi connectivity index (χ1v) is 18.5. The molecule has 0 aromatic heterocycles. The maximum Gasteiger partial charge on any atom is 0.407 e. The molecule has 0 saturated heterocycles. The lowest BCUT2D eigenvalue weighted by molar-refractivity contribution is -0.145.